The fraction of sp³-hybridized carbons (Fsp3) is 0.438. The largest absolute Gasteiger partial charge is 0.359 e. The molecule has 1 atom stereocenters. The number of rotatable bonds is 9. The SMILES string of the molecule is CNC(=O)CCC(C=O)N(C)Cc1cc(SC)ccc1C=O. The van der Waals surface area contributed by atoms with Crippen molar-refractivity contribution < 1.29 is 14.4 Å². The van der Waals surface area contributed by atoms with Crippen LogP contribution in [0, 0.1) is 0 Å². The van der Waals surface area contributed by atoms with Crippen LogP contribution in [-0.2, 0) is 16.1 Å². The van der Waals surface area contributed by atoms with E-state index in [1.807, 2.05) is 30.3 Å². The van der Waals surface area contributed by atoms with Crippen LogP contribution < -0.4 is 5.32 Å². The van der Waals surface area contributed by atoms with Gasteiger partial charge in [-0.2, -0.15) is 0 Å². The van der Waals surface area contributed by atoms with Gasteiger partial charge in [-0.25, -0.2) is 0 Å². The summed E-state index contributed by atoms with van der Waals surface area (Å²) in [5.74, 6) is -0.0850. The van der Waals surface area contributed by atoms with Gasteiger partial charge < -0.3 is 10.1 Å². The summed E-state index contributed by atoms with van der Waals surface area (Å²) in [6, 6.07) is 5.31. The molecule has 5 nitrogen and oxygen atoms in total. The molecule has 1 unspecified atom stereocenters. The molecule has 0 fully saturated rings. The van der Waals surface area contributed by atoms with Crippen molar-refractivity contribution in [1.29, 1.82) is 0 Å². The zero-order valence-corrected chi connectivity index (χ0v) is 14.0. The number of carbonyl (C=O) groups is 3. The molecule has 1 N–H and O–H groups in total. The molecule has 0 heterocycles. The highest BCUT2D eigenvalue weighted by atomic mass is 32.2. The molecule has 1 aromatic carbocycles. The maximum atomic E-state index is 11.3. The van der Waals surface area contributed by atoms with Crippen molar-refractivity contribution in [3.63, 3.8) is 0 Å². The molecule has 0 aliphatic heterocycles. The molecule has 0 radical (unpaired) electrons. The first-order valence-corrected chi connectivity index (χ1v) is 8.26. The molecule has 6 heteroatoms. The molecular formula is C16H22N2O3S. The Morgan fingerprint density at radius 3 is 2.68 bits per heavy atom. The molecule has 0 spiro atoms. The second-order valence-corrected chi connectivity index (χ2v) is 5.89. The number of aldehydes is 2. The molecule has 0 aromatic heterocycles. The molecule has 1 rings (SSSR count). The van der Waals surface area contributed by atoms with Crippen LogP contribution in [-0.4, -0.2) is 49.8 Å². The monoisotopic (exact) mass is 322 g/mol. The summed E-state index contributed by atoms with van der Waals surface area (Å²) in [7, 11) is 3.40. The van der Waals surface area contributed by atoms with Gasteiger partial charge >= 0.3 is 0 Å². The fourth-order valence-corrected chi connectivity index (χ4v) is 2.61. The zero-order chi connectivity index (χ0) is 16.5. The molecule has 0 saturated heterocycles. The third-order valence-electron chi connectivity index (χ3n) is 3.57. The van der Waals surface area contributed by atoms with Crippen molar-refractivity contribution in [1.82, 2.24) is 10.2 Å². The molecule has 0 saturated carbocycles. The smallest absolute Gasteiger partial charge is 0.219 e. The summed E-state index contributed by atoms with van der Waals surface area (Å²) in [4.78, 5) is 36.7. The van der Waals surface area contributed by atoms with Crippen LogP contribution in [0.25, 0.3) is 0 Å². The Morgan fingerprint density at radius 2 is 2.14 bits per heavy atom. The maximum Gasteiger partial charge on any atom is 0.219 e. The Hall–Kier alpha value is -1.66. The topological polar surface area (TPSA) is 66.5 Å². The van der Waals surface area contributed by atoms with E-state index < -0.39 is 0 Å². The minimum atomic E-state index is -0.352. The van der Waals surface area contributed by atoms with Gasteiger partial charge in [-0.15, -0.1) is 11.8 Å². The first-order valence-electron chi connectivity index (χ1n) is 7.03. The fourth-order valence-electron chi connectivity index (χ4n) is 2.14. The molecule has 0 bridgehead atoms. The summed E-state index contributed by atoms with van der Waals surface area (Å²) >= 11 is 1.60. The van der Waals surface area contributed by atoms with Gasteiger partial charge in [0.15, 0.2) is 0 Å². The molecule has 22 heavy (non-hydrogen) atoms. The van der Waals surface area contributed by atoms with Crippen LogP contribution >= 0.6 is 11.8 Å². The highest BCUT2D eigenvalue weighted by Crippen LogP contribution is 2.20. The van der Waals surface area contributed by atoms with E-state index in [0.717, 1.165) is 23.0 Å². The number of thioether (sulfide) groups is 1. The number of nitrogens with one attached hydrogen (secondary N) is 1. The van der Waals surface area contributed by atoms with E-state index in [1.54, 1.807) is 24.9 Å². The van der Waals surface area contributed by atoms with Crippen LogP contribution in [0.5, 0.6) is 0 Å². The number of amides is 1. The lowest BCUT2D eigenvalue weighted by molar-refractivity contribution is -0.121. The molecule has 0 aliphatic carbocycles. The number of carbonyl (C=O) groups excluding carboxylic acids is 3. The highest BCUT2D eigenvalue weighted by molar-refractivity contribution is 7.98. The molecule has 0 aliphatic rings. The van der Waals surface area contributed by atoms with Crippen LogP contribution in [0.1, 0.15) is 28.8 Å². The van der Waals surface area contributed by atoms with Gasteiger partial charge in [-0.1, -0.05) is 6.07 Å². The minimum Gasteiger partial charge on any atom is -0.359 e. The standard InChI is InChI=1S/C16H22N2O3S/c1-17-16(21)7-5-14(11-20)18(2)9-13-8-15(22-3)6-4-12(13)10-19/h4,6,8,10-11,14H,5,7,9H2,1-3H3,(H,17,21). The quantitative estimate of drug-likeness (QED) is 0.554. The van der Waals surface area contributed by atoms with Crippen LogP contribution in [0.3, 0.4) is 0 Å². The molecule has 1 aromatic rings. The lowest BCUT2D eigenvalue weighted by atomic mass is 10.1. The van der Waals surface area contributed by atoms with Gasteiger partial charge in [-0.3, -0.25) is 14.5 Å². The van der Waals surface area contributed by atoms with E-state index in [0.29, 0.717) is 24.9 Å². The first-order chi connectivity index (χ1) is 10.5. The van der Waals surface area contributed by atoms with Gasteiger partial charge in [0, 0.05) is 30.5 Å². The van der Waals surface area contributed by atoms with E-state index in [4.69, 9.17) is 0 Å². The second-order valence-electron chi connectivity index (χ2n) is 5.01. The average Bonchev–Trinajstić information content (AvgIpc) is 2.54. The third kappa shape index (κ3) is 5.27. The predicted molar refractivity (Wildman–Crippen MR) is 88.2 cm³/mol. The molecule has 1 amide bonds. The third-order valence-corrected chi connectivity index (χ3v) is 4.29. The number of hydrogen-bond donors (Lipinski definition) is 1. The summed E-state index contributed by atoms with van der Waals surface area (Å²) in [5.41, 5.74) is 1.51. The Kier molecular flexibility index (Phi) is 7.84. The van der Waals surface area contributed by atoms with Crippen LogP contribution in [0.4, 0.5) is 0 Å². The lowest BCUT2D eigenvalue weighted by Gasteiger charge is -2.24. The average molecular weight is 322 g/mol. The van der Waals surface area contributed by atoms with Crippen molar-refractivity contribution in [3.8, 4) is 0 Å². The number of benzene rings is 1. The number of likely N-dealkylation sites (N-methyl/N-ethyl adjacent to an activating group) is 1. The lowest BCUT2D eigenvalue weighted by Crippen LogP contribution is -2.34. The molecular weight excluding hydrogens is 300 g/mol. The van der Waals surface area contributed by atoms with E-state index in [-0.39, 0.29) is 11.9 Å². The second kappa shape index (κ2) is 9.38. The Bertz CT molecular complexity index is 534. The highest BCUT2D eigenvalue weighted by Gasteiger charge is 2.17. The van der Waals surface area contributed by atoms with Crippen molar-refractivity contribution in [2.24, 2.45) is 0 Å². The van der Waals surface area contributed by atoms with Gasteiger partial charge in [-0.05, 0) is 37.4 Å². The number of nitrogens with zero attached hydrogens (tertiary/aromatic N) is 1. The predicted octanol–water partition coefficient (Wildman–Crippen LogP) is 1.75. The van der Waals surface area contributed by atoms with E-state index in [2.05, 4.69) is 5.32 Å². The van der Waals surface area contributed by atoms with E-state index in [9.17, 15) is 14.4 Å². The van der Waals surface area contributed by atoms with Crippen molar-refractivity contribution in [3.05, 3.63) is 29.3 Å². The Labute approximate surface area is 135 Å². The van der Waals surface area contributed by atoms with Gasteiger partial charge in [0.05, 0.1) is 6.04 Å². The maximum absolute atomic E-state index is 11.3. The number of hydrogen-bond acceptors (Lipinski definition) is 5. The Morgan fingerprint density at radius 1 is 1.41 bits per heavy atom. The summed E-state index contributed by atoms with van der Waals surface area (Å²) in [5, 5.41) is 2.54. The van der Waals surface area contributed by atoms with E-state index in [1.165, 1.54) is 0 Å². The summed E-state index contributed by atoms with van der Waals surface area (Å²) in [6.07, 6.45) is 4.41. The zero-order valence-electron chi connectivity index (χ0n) is 13.2. The first kappa shape index (κ1) is 18.4. The van der Waals surface area contributed by atoms with Crippen molar-refractivity contribution >= 4 is 30.2 Å². The van der Waals surface area contributed by atoms with E-state index >= 15 is 0 Å². The van der Waals surface area contributed by atoms with Gasteiger partial charge in [0.2, 0.25) is 5.91 Å². The molecule has 120 valence electrons. The van der Waals surface area contributed by atoms with Crippen molar-refractivity contribution in [2.75, 3.05) is 20.4 Å². The normalized spacial score (nSPS) is 12.0. The van der Waals surface area contributed by atoms with Gasteiger partial charge in [0.25, 0.3) is 0 Å². The summed E-state index contributed by atoms with van der Waals surface area (Å²) < 4.78 is 0. The van der Waals surface area contributed by atoms with Crippen LogP contribution in [0.15, 0.2) is 23.1 Å². The van der Waals surface area contributed by atoms with Gasteiger partial charge in [0.1, 0.15) is 12.6 Å². The minimum absolute atomic E-state index is 0.0850. The Balaban J connectivity index is 2.80. The van der Waals surface area contributed by atoms with Crippen LogP contribution in [0.2, 0.25) is 0 Å². The van der Waals surface area contributed by atoms with Crippen molar-refractivity contribution in [2.45, 2.75) is 30.3 Å². The summed E-state index contributed by atoms with van der Waals surface area (Å²) in [6.45, 7) is 0.486.